The van der Waals surface area contributed by atoms with Gasteiger partial charge in [0.05, 0.1) is 11.4 Å². The molecule has 0 saturated carbocycles. The lowest BCUT2D eigenvalue weighted by molar-refractivity contribution is -0.121. The van der Waals surface area contributed by atoms with Crippen LogP contribution in [0.1, 0.15) is 22.3 Å². The summed E-state index contributed by atoms with van der Waals surface area (Å²) < 4.78 is 1.82. The van der Waals surface area contributed by atoms with Gasteiger partial charge >= 0.3 is 0 Å². The third-order valence-corrected chi connectivity index (χ3v) is 5.33. The molecule has 2 amide bonds. The van der Waals surface area contributed by atoms with Crippen molar-refractivity contribution in [2.24, 2.45) is 0 Å². The first kappa shape index (κ1) is 22.3. The molecule has 0 aliphatic carbocycles. The third kappa shape index (κ3) is 5.87. The molecule has 0 aliphatic heterocycles. The highest BCUT2D eigenvalue weighted by Crippen LogP contribution is 2.23. The molecule has 166 valence electrons. The first-order valence-corrected chi connectivity index (χ1v) is 11.0. The molecule has 4 rings (SSSR count). The van der Waals surface area contributed by atoms with E-state index < -0.39 is 0 Å². The monoisotopic (exact) mass is 458 g/mol. The molecular weight excluding hydrogens is 436 g/mol. The number of rotatable bonds is 8. The van der Waals surface area contributed by atoms with Crippen LogP contribution in [-0.4, -0.2) is 28.1 Å². The first-order valence-electron chi connectivity index (χ1n) is 10.6. The summed E-state index contributed by atoms with van der Waals surface area (Å²) in [5.41, 5.74) is 4.14. The van der Waals surface area contributed by atoms with Gasteiger partial charge in [0.2, 0.25) is 5.91 Å². The summed E-state index contributed by atoms with van der Waals surface area (Å²) in [6.45, 7) is 0.573. The number of para-hydroxylation sites is 1. The van der Waals surface area contributed by atoms with Crippen molar-refractivity contribution < 1.29 is 9.59 Å². The van der Waals surface area contributed by atoms with E-state index in [0.29, 0.717) is 17.1 Å². The number of nitrogens with zero attached hydrogens (tertiary/aromatic N) is 2. The topological polar surface area (TPSA) is 76.0 Å². The number of benzene rings is 3. The Morgan fingerprint density at radius 3 is 2.21 bits per heavy atom. The van der Waals surface area contributed by atoms with Gasteiger partial charge in [-0.1, -0.05) is 60.1 Å². The lowest BCUT2D eigenvalue weighted by Crippen LogP contribution is -2.30. The van der Waals surface area contributed by atoms with Crippen molar-refractivity contribution in [3.05, 3.63) is 107 Å². The van der Waals surface area contributed by atoms with Crippen molar-refractivity contribution in [2.75, 3.05) is 6.54 Å². The maximum Gasteiger partial charge on any atom is 0.251 e. The normalized spacial score (nSPS) is 10.6. The summed E-state index contributed by atoms with van der Waals surface area (Å²) in [6, 6.07) is 26.3. The van der Waals surface area contributed by atoms with Crippen molar-refractivity contribution >= 4 is 23.4 Å². The van der Waals surface area contributed by atoms with Crippen LogP contribution in [0.15, 0.2) is 91.1 Å². The molecule has 0 aliphatic rings. The fourth-order valence-electron chi connectivity index (χ4n) is 3.37. The second-order valence-corrected chi connectivity index (χ2v) is 7.88. The van der Waals surface area contributed by atoms with Gasteiger partial charge in [-0.2, -0.15) is 5.10 Å². The summed E-state index contributed by atoms with van der Waals surface area (Å²) in [4.78, 5) is 24.6. The van der Waals surface area contributed by atoms with Crippen molar-refractivity contribution in [3.8, 4) is 16.9 Å². The van der Waals surface area contributed by atoms with Gasteiger partial charge in [-0.3, -0.25) is 9.59 Å². The minimum atomic E-state index is -0.241. The second kappa shape index (κ2) is 10.6. The van der Waals surface area contributed by atoms with E-state index in [0.717, 1.165) is 22.5 Å². The van der Waals surface area contributed by atoms with Crippen LogP contribution in [0.2, 0.25) is 5.02 Å². The molecule has 3 aromatic carbocycles. The van der Waals surface area contributed by atoms with E-state index in [1.165, 1.54) is 0 Å². The van der Waals surface area contributed by atoms with Crippen LogP contribution in [-0.2, 0) is 11.3 Å². The van der Waals surface area contributed by atoms with Crippen LogP contribution in [0.5, 0.6) is 0 Å². The zero-order chi connectivity index (χ0) is 23.0. The van der Waals surface area contributed by atoms with E-state index in [1.54, 1.807) is 24.3 Å². The van der Waals surface area contributed by atoms with E-state index in [2.05, 4.69) is 10.6 Å². The number of carbonyl (C=O) groups is 2. The van der Waals surface area contributed by atoms with Gasteiger partial charge in [-0.25, -0.2) is 4.68 Å². The predicted octanol–water partition coefficient (Wildman–Crippen LogP) is 4.63. The molecule has 0 radical (unpaired) electrons. The van der Waals surface area contributed by atoms with Crippen LogP contribution >= 0.6 is 11.6 Å². The summed E-state index contributed by atoms with van der Waals surface area (Å²) in [7, 11) is 0. The molecule has 0 saturated heterocycles. The number of nitrogens with one attached hydrogen (secondary N) is 2. The average Bonchev–Trinajstić information content (AvgIpc) is 3.28. The molecule has 33 heavy (non-hydrogen) atoms. The van der Waals surface area contributed by atoms with Gasteiger partial charge < -0.3 is 10.6 Å². The number of aromatic nitrogens is 2. The lowest BCUT2D eigenvalue weighted by Gasteiger charge is -2.07. The molecule has 0 unspecified atom stereocenters. The first-order chi connectivity index (χ1) is 16.1. The summed E-state index contributed by atoms with van der Waals surface area (Å²) in [5.74, 6) is -0.396. The average molecular weight is 459 g/mol. The third-order valence-electron chi connectivity index (χ3n) is 5.08. The minimum absolute atomic E-state index is 0.155. The van der Waals surface area contributed by atoms with Gasteiger partial charge in [-0.15, -0.1) is 0 Å². The van der Waals surface area contributed by atoms with Gasteiger partial charge in [0, 0.05) is 47.4 Å². The molecule has 2 N–H and O–H groups in total. The van der Waals surface area contributed by atoms with E-state index in [9.17, 15) is 9.59 Å². The Bertz CT molecular complexity index is 1220. The summed E-state index contributed by atoms with van der Waals surface area (Å²) in [6.07, 6.45) is 2.10. The number of hydrogen-bond donors (Lipinski definition) is 2. The maximum absolute atomic E-state index is 12.4. The van der Waals surface area contributed by atoms with Crippen molar-refractivity contribution in [3.63, 3.8) is 0 Å². The Morgan fingerprint density at radius 2 is 1.52 bits per heavy atom. The Hall–Kier alpha value is -3.90. The zero-order valence-electron chi connectivity index (χ0n) is 17.9. The second-order valence-electron chi connectivity index (χ2n) is 7.44. The van der Waals surface area contributed by atoms with Crippen molar-refractivity contribution in [2.45, 2.75) is 13.0 Å². The van der Waals surface area contributed by atoms with Gasteiger partial charge in [-0.05, 0) is 36.4 Å². The van der Waals surface area contributed by atoms with Crippen LogP contribution in [0.25, 0.3) is 16.9 Å². The van der Waals surface area contributed by atoms with Gasteiger partial charge in [0.15, 0.2) is 0 Å². The molecule has 0 bridgehead atoms. The van der Waals surface area contributed by atoms with Crippen LogP contribution in [0.3, 0.4) is 0 Å². The molecule has 6 nitrogen and oxygen atoms in total. The summed E-state index contributed by atoms with van der Waals surface area (Å²) in [5, 5.41) is 11.0. The van der Waals surface area contributed by atoms with Crippen LogP contribution in [0.4, 0.5) is 0 Å². The maximum atomic E-state index is 12.4. The predicted molar refractivity (Wildman–Crippen MR) is 129 cm³/mol. The highest BCUT2D eigenvalue weighted by Gasteiger charge is 2.13. The SMILES string of the molecule is O=C(CCNC(=O)c1ccc(Cl)cc1)NCc1cn(-c2ccccc2)nc1-c1ccccc1. The quantitative estimate of drug-likeness (QED) is 0.404. The Balaban J connectivity index is 1.38. The Labute approximate surface area is 197 Å². The van der Waals surface area contributed by atoms with E-state index in [4.69, 9.17) is 16.7 Å². The van der Waals surface area contributed by atoms with E-state index >= 15 is 0 Å². The fourth-order valence-corrected chi connectivity index (χ4v) is 3.49. The standard InChI is InChI=1S/C26H23ClN4O2/c27-22-13-11-20(12-14-22)26(33)28-16-15-24(32)29-17-21-18-31(23-9-5-2-6-10-23)30-25(21)19-7-3-1-4-8-19/h1-14,18H,15-17H2,(H,28,33)(H,29,32). The molecule has 7 heteroatoms. The van der Waals surface area contributed by atoms with Crippen molar-refractivity contribution in [1.29, 1.82) is 0 Å². The van der Waals surface area contributed by atoms with Crippen LogP contribution < -0.4 is 10.6 Å². The van der Waals surface area contributed by atoms with E-state index in [-0.39, 0.29) is 24.8 Å². The Morgan fingerprint density at radius 1 is 0.848 bits per heavy atom. The molecule has 1 aromatic heterocycles. The van der Waals surface area contributed by atoms with Gasteiger partial charge in [0.1, 0.15) is 0 Å². The highest BCUT2D eigenvalue weighted by molar-refractivity contribution is 6.30. The zero-order valence-corrected chi connectivity index (χ0v) is 18.6. The smallest absolute Gasteiger partial charge is 0.251 e. The number of halogens is 1. The fraction of sp³-hybridized carbons (Fsp3) is 0.115. The van der Waals surface area contributed by atoms with Crippen molar-refractivity contribution in [1.82, 2.24) is 20.4 Å². The minimum Gasteiger partial charge on any atom is -0.352 e. The molecule has 4 aromatic rings. The largest absolute Gasteiger partial charge is 0.352 e. The van der Waals surface area contributed by atoms with Crippen LogP contribution in [0, 0.1) is 0 Å². The number of carbonyl (C=O) groups excluding carboxylic acids is 2. The summed E-state index contributed by atoms with van der Waals surface area (Å²) >= 11 is 5.84. The lowest BCUT2D eigenvalue weighted by atomic mass is 10.1. The van der Waals surface area contributed by atoms with E-state index in [1.807, 2.05) is 71.5 Å². The van der Waals surface area contributed by atoms with Gasteiger partial charge in [0.25, 0.3) is 5.91 Å². The molecule has 0 spiro atoms. The number of amides is 2. The molecule has 0 fully saturated rings. The highest BCUT2D eigenvalue weighted by atomic mass is 35.5. The molecule has 0 atom stereocenters. The molecular formula is C26H23ClN4O2. The molecule has 1 heterocycles. The Kier molecular flexibility index (Phi) is 7.17. The number of hydrogen-bond acceptors (Lipinski definition) is 3.